The molecule has 2 unspecified atom stereocenters. The third kappa shape index (κ3) is 7.24. The molecule has 3 aromatic carbocycles. The van der Waals surface area contributed by atoms with Gasteiger partial charge in [-0.05, 0) is 47.5 Å². The number of halogens is 5. The summed E-state index contributed by atoms with van der Waals surface area (Å²) in [5.74, 6) is 0.0506. The minimum Gasteiger partial charge on any atom is -0.384 e. The smallest absolute Gasteiger partial charge is 0.384 e. The zero-order valence-corrected chi connectivity index (χ0v) is 22.8. The van der Waals surface area contributed by atoms with Gasteiger partial charge in [0.05, 0.1) is 28.8 Å². The highest BCUT2D eigenvalue weighted by Gasteiger charge is 2.31. The summed E-state index contributed by atoms with van der Waals surface area (Å²) in [5.41, 5.74) is 1.83. The summed E-state index contributed by atoms with van der Waals surface area (Å²) in [6, 6.07) is 17.7. The van der Waals surface area contributed by atoms with Crippen LogP contribution in [0.15, 0.2) is 66.7 Å². The van der Waals surface area contributed by atoms with Crippen LogP contribution in [0, 0.1) is 5.92 Å². The molecule has 2 atom stereocenters. The lowest BCUT2D eigenvalue weighted by molar-refractivity contribution is -0.137. The second-order valence-electron chi connectivity index (χ2n) is 8.69. The van der Waals surface area contributed by atoms with Crippen LogP contribution in [0.4, 0.5) is 24.0 Å². The first kappa shape index (κ1) is 28.3. The lowest BCUT2D eigenvalue weighted by Gasteiger charge is -2.22. The molecule has 0 aliphatic carbocycles. The number of ether oxygens (including phenoxy) is 2. The van der Waals surface area contributed by atoms with Crippen LogP contribution in [-0.4, -0.2) is 30.5 Å². The molecule has 4 rings (SSSR count). The van der Waals surface area contributed by atoms with E-state index in [0.717, 1.165) is 17.7 Å². The SMILES string of the molecule is COCC(C)COC(c1cccc(-c2nnc(Nc3ccc(Cl)c(Cl)c3)s2)c1)c1cccc(C(F)(F)F)c1. The van der Waals surface area contributed by atoms with Crippen LogP contribution in [0.5, 0.6) is 0 Å². The molecule has 38 heavy (non-hydrogen) atoms. The topological polar surface area (TPSA) is 56.3 Å². The van der Waals surface area contributed by atoms with Gasteiger partial charge in [-0.15, -0.1) is 10.2 Å². The molecule has 200 valence electrons. The van der Waals surface area contributed by atoms with Crippen LogP contribution >= 0.6 is 34.5 Å². The van der Waals surface area contributed by atoms with E-state index in [-0.39, 0.29) is 5.92 Å². The summed E-state index contributed by atoms with van der Waals surface area (Å²) in [6.45, 7) is 2.72. The van der Waals surface area contributed by atoms with E-state index in [1.54, 1.807) is 31.4 Å². The molecule has 1 N–H and O–H groups in total. The van der Waals surface area contributed by atoms with Gasteiger partial charge in [-0.2, -0.15) is 13.2 Å². The number of nitrogens with one attached hydrogen (secondary N) is 1. The van der Waals surface area contributed by atoms with E-state index in [1.165, 1.54) is 17.4 Å². The zero-order chi connectivity index (χ0) is 27.3. The van der Waals surface area contributed by atoms with E-state index in [0.29, 0.717) is 50.2 Å². The average molecular weight is 582 g/mol. The Hall–Kier alpha value is -2.69. The zero-order valence-electron chi connectivity index (χ0n) is 20.4. The largest absolute Gasteiger partial charge is 0.416 e. The van der Waals surface area contributed by atoms with Crippen molar-refractivity contribution in [3.8, 4) is 10.6 Å². The molecule has 4 aromatic rings. The van der Waals surface area contributed by atoms with Crippen LogP contribution in [0.3, 0.4) is 0 Å². The highest BCUT2D eigenvalue weighted by Crippen LogP contribution is 2.36. The van der Waals surface area contributed by atoms with Crippen LogP contribution < -0.4 is 5.32 Å². The normalized spacial score (nSPS) is 13.3. The molecule has 0 fully saturated rings. The fourth-order valence-corrected chi connectivity index (χ4v) is 4.84. The second kappa shape index (κ2) is 12.4. The van der Waals surface area contributed by atoms with Crippen molar-refractivity contribution >= 4 is 45.4 Å². The Balaban J connectivity index is 1.62. The van der Waals surface area contributed by atoms with Crippen LogP contribution in [0.2, 0.25) is 10.0 Å². The summed E-state index contributed by atoms with van der Waals surface area (Å²) in [5, 5.41) is 13.7. The molecule has 0 aliphatic heterocycles. The van der Waals surface area contributed by atoms with Crippen LogP contribution in [0.1, 0.15) is 29.7 Å². The molecular formula is C27H24Cl2F3N3O2S. The molecule has 0 amide bonds. The van der Waals surface area contributed by atoms with E-state index in [2.05, 4.69) is 15.5 Å². The first-order valence-electron chi connectivity index (χ1n) is 11.6. The Labute approximate surface area is 232 Å². The molecule has 0 aliphatic rings. The van der Waals surface area contributed by atoms with Crippen molar-refractivity contribution in [2.45, 2.75) is 19.2 Å². The molecule has 11 heteroatoms. The first-order valence-corrected chi connectivity index (χ1v) is 13.1. The Morgan fingerprint density at radius 1 is 0.921 bits per heavy atom. The Bertz CT molecular complexity index is 1380. The number of rotatable bonds is 10. The van der Waals surface area contributed by atoms with Crippen molar-refractivity contribution in [3.63, 3.8) is 0 Å². The quantitative estimate of drug-likeness (QED) is 0.203. The lowest BCUT2D eigenvalue weighted by atomic mass is 9.97. The minimum atomic E-state index is -4.46. The monoisotopic (exact) mass is 581 g/mol. The van der Waals surface area contributed by atoms with Crippen LogP contribution in [-0.2, 0) is 15.7 Å². The maximum absolute atomic E-state index is 13.4. The van der Waals surface area contributed by atoms with Gasteiger partial charge in [0.25, 0.3) is 0 Å². The van der Waals surface area contributed by atoms with Gasteiger partial charge in [-0.1, -0.05) is 71.8 Å². The highest BCUT2D eigenvalue weighted by molar-refractivity contribution is 7.18. The van der Waals surface area contributed by atoms with Gasteiger partial charge in [-0.25, -0.2) is 0 Å². The first-order chi connectivity index (χ1) is 18.1. The Kier molecular flexibility index (Phi) is 9.27. The molecule has 0 bridgehead atoms. The standard InChI is InChI=1S/C27H24Cl2F3N3O2S/c1-16(14-36-2)15-37-24(18-6-4-8-20(12-18)27(30,31)32)17-5-3-7-19(11-17)25-34-35-26(38-25)33-21-9-10-22(28)23(29)13-21/h3-13,16,24H,14-15H2,1-2H3,(H,33,35). The summed E-state index contributed by atoms with van der Waals surface area (Å²) in [7, 11) is 1.59. The summed E-state index contributed by atoms with van der Waals surface area (Å²) < 4.78 is 51.7. The van der Waals surface area contributed by atoms with E-state index in [1.807, 2.05) is 31.2 Å². The van der Waals surface area contributed by atoms with Crippen molar-refractivity contribution in [2.24, 2.45) is 5.92 Å². The molecule has 1 heterocycles. The highest BCUT2D eigenvalue weighted by atomic mass is 35.5. The van der Waals surface area contributed by atoms with Crippen molar-refractivity contribution in [2.75, 3.05) is 25.6 Å². The fourth-order valence-electron chi connectivity index (χ4n) is 3.78. The van der Waals surface area contributed by atoms with Crippen molar-refractivity contribution in [1.29, 1.82) is 0 Å². The maximum atomic E-state index is 13.4. The Morgan fingerprint density at radius 2 is 1.66 bits per heavy atom. The van der Waals surface area contributed by atoms with Gasteiger partial charge in [0, 0.05) is 24.3 Å². The number of nitrogens with zero attached hydrogens (tertiary/aromatic N) is 2. The predicted octanol–water partition coefficient (Wildman–Crippen LogP) is 8.66. The van der Waals surface area contributed by atoms with Crippen LogP contribution in [0.25, 0.3) is 10.6 Å². The van der Waals surface area contributed by atoms with Crippen molar-refractivity contribution in [1.82, 2.24) is 10.2 Å². The van der Waals surface area contributed by atoms with Gasteiger partial charge < -0.3 is 14.8 Å². The van der Waals surface area contributed by atoms with Crippen molar-refractivity contribution in [3.05, 3.63) is 93.5 Å². The maximum Gasteiger partial charge on any atom is 0.416 e. The number of aromatic nitrogens is 2. The molecule has 0 saturated carbocycles. The fraction of sp³-hybridized carbons (Fsp3) is 0.259. The third-order valence-corrected chi connectivity index (χ3v) is 7.17. The van der Waals surface area contributed by atoms with Crippen molar-refractivity contribution < 1.29 is 22.6 Å². The molecular weight excluding hydrogens is 558 g/mol. The predicted molar refractivity (Wildman–Crippen MR) is 145 cm³/mol. The van der Waals surface area contributed by atoms with Gasteiger partial charge in [0.1, 0.15) is 11.1 Å². The third-order valence-electron chi connectivity index (χ3n) is 5.55. The van der Waals surface area contributed by atoms with Gasteiger partial charge in [0.2, 0.25) is 5.13 Å². The van der Waals surface area contributed by atoms with E-state index in [4.69, 9.17) is 32.7 Å². The average Bonchev–Trinajstić information content (AvgIpc) is 3.35. The number of hydrogen-bond acceptors (Lipinski definition) is 6. The van der Waals surface area contributed by atoms with E-state index in [9.17, 15) is 13.2 Å². The minimum absolute atomic E-state index is 0.0506. The second-order valence-corrected chi connectivity index (χ2v) is 10.5. The molecule has 0 spiro atoms. The Morgan fingerprint density at radius 3 is 2.37 bits per heavy atom. The summed E-state index contributed by atoms with van der Waals surface area (Å²) >= 11 is 13.4. The van der Waals surface area contributed by atoms with E-state index >= 15 is 0 Å². The van der Waals surface area contributed by atoms with Gasteiger partial charge in [-0.3, -0.25) is 0 Å². The molecule has 0 saturated heterocycles. The van der Waals surface area contributed by atoms with E-state index < -0.39 is 17.8 Å². The summed E-state index contributed by atoms with van der Waals surface area (Å²) in [4.78, 5) is 0. The number of alkyl halides is 3. The number of hydrogen-bond donors (Lipinski definition) is 1. The summed E-state index contributed by atoms with van der Waals surface area (Å²) in [6.07, 6.45) is -5.19. The number of benzene rings is 3. The lowest BCUT2D eigenvalue weighted by Crippen LogP contribution is -2.16. The van der Waals surface area contributed by atoms with Gasteiger partial charge in [0.15, 0.2) is 0 Å². The molecule has 0 radical (unpaired) electrons. The number of anilines is 2. The number of methoxy groups -OCH3 is 1. The van der Waals surface area contributed by atoms with Gasteiger partial charge >= 0.3 is 6.18 Å². The molecule has 1 aromatic heterocycles. The molecule has 5 nitrogen and oxygen atoms in total.